The van der Waals surface area contributed by atoms with Gasteiger partial charge in [-0.25, -0.2) is 0 Å². The molecule has 0 saturated heterocycles. The van der Waals surface area contributed by atoms with Crippen LogP contribution in [0.4, 0.5) is 0 Å². The molecule has 2 aromatic rings. The third-order valence-corrected chi connectivity index (χ3v) is 1.59. The Labute approximate surface area is 103 Å². The quantitative estimate of drug-likeness (QED) is 0.756. The topological polar surface area (TPSA) is 25.8 Å². The van der Waals surface area contributed by atoms with Gasteiger partial charge in [0.15, 0.2) is 0 Å². The summed E-state index contributed by atoms with van der Waals surface area (Å²) in [5.41, 5.74) is 1.83. The molecule has 0 bridgehead atoms. The van der Waals surface area contributed by atoms with Gasteiger partial charge in [-0.15, -0.1) is 17.0 Å². The second-order valence-corrected chi connectivity index (χ2v) is 2.43. The summed E-state index contributed by atoms with van der Waals surface area (Å²) in [7, 11) is 0. The van der Waals surface area contributed by atoms with Crippen LogP contribution in [0.5, 0.6) is 0 Å². The van der Waals surface area contributed by atoms with Gasteiger partial charge in [0.1, 0.15) is 0 Å². The van der Waals surface area contributed by atoms with Crippen LogP contribution in [0.1, 0.15) is 0 Å². The number of hydrogen-bond acceptors (Lipinski definition) is 2. The smallest absolute Gasteiger partial charge is 0.0886 e. The van der Waals surface area contributed by atoms with Crippen molar-refractivity contribution in [3.63, 3.8) is 0 Å². The Morgan fingerprint density at radius 1 is 0.714 bits per heavy atom. The number of aromatic nitrogens is 2. The third kappa shape index (κ3) is 3.20. The van der Waals surface area contributed by atoms with Crippen molar-refractivity contribution < 1.29 is 16.5 Å². The molecule has 2 rings (SSSR count). The van der Waals surface area contributed by atoms with E-state index in [1.165, 1.54) is 0 Å². The molecule has 76 valence electrons. The van der Waals surface area contributed by atoms with Crippen LogP contribution in [-0.4, -0.2) is 9.97 Å². The van der Waals surface area contributed by atoms with Gasteiger partial charge in [0.25, 0.3) is 0 Å². The first-order chi connectivity index (χ1) is 5.97. The van der Waals surface area contributed by atoms with E-state index in [-0.39, 0.29) is 33.5 Å². The average Bonchev–Trinajstić information content (AvgIpc) is 2.21. The maximum Gasteiger partial charge on any atom is 0.0886 e. The summed E-state index contributed by atoms with van der Waals surface area (Å²) in [4.78, 5) is 8.37. The van der Waals surface area contributed by atoms with Gasteiger partial charge in [-0.3, -0.25) is 9.97 Å². The molecular weight excluding hydrogens is 287 g/mol. The van der Waals surface area contributed by atoms with Gasteiger partial charge in [-0.2, -0.15) is 0 Å². The number of rotatable bonds is 1. The first kappa shape index (κ1) is 13.3. The van der Waals surface area contributed by atoms with Crippen molar-refractivity contribution in [1.29, 1.82) is 0 Å². The standard InChI is InChI=1S/C10H8N2.BrH.Ni/c1-3-7-11-9(5-1)10-6-2-4-8-12-10;;/h1-8H;1H;. The second kappa shape index (κ2) is 6.69. The molecule has 2 heterocycles. The SMILES string of the molecule is Br.[Ni].c1ccc(-c2ccccn2)nc1. The summed E-state index contributed by atoms with van der Waals surface area (Å²) in [5.74, 6) is 0. The van der Waals surface area contributed by atoms with E-state index in [0.717, 1.165) is 11.4 Å². The monoisotopic (exact) mass is 294 g/mol. The van der Waals surface area contributed by atoms with Crippen molar-refractivity contribution in [2.45, 2.75) is 0 Å². The zero-order valence-electron chi connectivity index (χ0n) is 7.24. The first-order valence-electron chi connectivity index (χ1n) is 3.79. The summed E-state index contributed by atoms with van der Waals surface area (Å²) < 4.78 is 0. The van der Waals surface area contributed by atoms with Gasteiger partial charge in [0, 0.05) is 28.9 Å². The Morgan fingerprint density at radius 3 is 1.43 bits per heavy atom. The summed E-state index contributed by atoms with van der Waals surface area (Å²) >= 11 is 0. The Bertz CT molecular complexity index is 316. The van der Waals surface area contributed by atoms with Gasteiger partial charge in [0.05, 0.1) is 11.4 Å². The molecule has 0 aliphatic carbocycles. The Balaban J connectivity index is 0.000000845. The van der Waals surface area contributed by atoms with Crippen LogP contribution in [0.25, 0.3) is 11.4 Å². The van der Waals surface area contributed by atoms with Crippen LogP contribution in [0, 0.1) is 0 Å². The van der Waals surface area contributed by atoms with Crippen molar-refractivity contribution >= 4 is 17.0 Å². The molecule has 0 atom stereocenters. The molecule has 0 N–H and O–H groups in total. The minimum absolute atomic E-state index is 0. The van der Waals surface area contributed by atoms with Crippen LogP contribution < -0.4 is 0 Å². The maximum atomic E-state index is 4.19. The zero-order chi connectivity index (χ0) is 8.23. The summed E-state index contributed by atoms with van der Waals surface area (Å²) in [6.45, 7) is 0. The fourth-order valence-corrected chi connectivity index (χ4v) is 1.03. The van der Waals surface area contributed by atoms with Crippen molar-refractivity contribution in [1.82, 2.24) is 9.97 Å². The number of halogens is 1. The number of nitrogens with zero attached hydrogens (tertiary/aromatic N) is 2. The van der Waals surface area contributed by atoms with E-state index in [9.17, 15) is 0 Å². The molecule has 4 heteroatoms. The number of pyridine rings is 2. The van der Waals surface area contributed by atoms with E-state index >= 15 is 0 Å². The summed E-state index contributed by atoms with van der Waals surface area (Å²) in [6, 6.07) is 11.6. The Morgan fingerprint density at radius 2 is 1.14 bits per heavy atom. The average molecular weight is 296 g/mol. The van der Waals surface area contributed by atoms with Gasteiger partial charge in [0.2, 0.25) is 0 Å². The molecule has 0 aliphatic heterocycles. The Kier molecular flexibility index (Phi) is 6.34. The molecule has 14 heavy (non-hydrogen) atoms. The Hall–Kier alpha value is -0.726. The minimum atomic E-state index is 0. The predicted octanol–water partition coefficient (Wildman–Crippen LogP) is 2.72. The van der Waals surface area contributed by atoms with Gasteiger partial charge in [-0.05, 0) is 24.3 Å². The number of hydrogen-bond donors (Lipinski definition) is 0. The third-order valence-electron chi connectivity index (χ3n) is 1.59. The molecule has 0 radical (unpaired) electrons. The molecule has 0 spiro atoms. The van der Waals surface area contributed by atoms with E-state index in [2.05, 4.69) is 9.97 Å². The van der Waals surface area contributed by atoms with Gasteiger partial charge in [-0.1, -0.05) is 12.1 Å². The molecular formula is C10H9BrN2Ni. The van der Waals surface area contributed by atoms with Crippen LogP contribution in [0.2, 0.25) is 0 Å². The normalized spacial score (nSPS) is 8.29. The molecule has 0 fully saturated rings. The van der Waals surface area contributed by atoms with Crippen molar-refractivity contribution in [2.24, 2.45) is 0 Å². The van der Waals surface area contributed by atoms with Crippen LogP contribution in [-0.2, 0) is 16.5 Å². The molecule has 0 unspecified atom stereocenters. The van der Waals surface area contributed by atoms with Gasteiger partial charge >= 0.3 is 0 Å². The van der Waals surface area contributed by atoms with Crippen molar-refractivity contribution in [3.8, 4) is 11.4 Å². The van der Waals surface area contributed by atoms with Gasteiger partial charge < -0.3 is 0 Å². The molecule has 2 aromatic heterocycles. The van der Waals surface area contributed by atoms with Crippen LogP contribution in [0.15, 0.2) is 48.8 Å². The molecule has 0 saturated carbocycles. The zero-order valence-corrected chi connectivity index (χ0v) is 9.94. The summed E-state index contributed by atoms with van der Waals surface area (Å²) in [5, 5.41) is 0. The first-order valence-corrected chi connectivity index (χ1v) is 3.79. The van der Waals surface area contributed by atoms with E-state index in [0.29, 0.717) is 0 Å². The fraction of sp³-hybridized carbons (Fsp3) is 0. The van der Waals surface area contributed by atoms with Crippen molar-refractivity contribution in [2.75, 3.05) is 0 Å². The van der Waals surface area contributed by atoms with Crippen molar-refractivity contribution in [3.05, 3.63) is 48.8 Å². The van der Waals surface area contributed by atoms with E-state index in [1.54, 1.807) is 12.4 Å². The molecule has 0 amide bonds. The molecule has 0 aromatic carbocycles. The van der Waals surface area contributed by atoms with E-state index < -0.39 is 0 Å². The van der Waals surface area contributed by atoms with E-state index in [1.807, 2.05) is 36.4 Å². The second-order valence-electron chi connectivity index (χ2n) is 2.43. The molecule has 2 nitrogen and oxygen atoms in total. The predicted molar refractivity (Wildman–Crippen MR) is 57.8 cm³/mol. The maximum absolute atomic E-state index is 4.19. The fourth-order valence-electron chi connectivity index (χ4n) is 1.03. The van der Waals surface area contributed by atoms with E-state index in [4.69, 9.17) is 0 Å². The largest absolute Gasteiger partial charge is 0.255 e. The minimum Gasteiger partial charge on any atom is -0.255 e. The van der Waals surface area contributed by atoms with Crippen LogP contribution in [0.3, 0.4) is 0 Å². The summed E-state index contributed by atoms with van der Waals surface area (Å²) in [6.07, 6.45) is 3.54. The van der Waals surface area contributed by atoms with Crippen LogP contribution >= 0.6 is 17.0 Å². The molecule has 0 aliphatic rings.